The van der Waals surface area contributed by atoms with E-state index in [4.69, 9.17) is 16.6 Å². The maximum Gasteiger partial charge on any atom is 0.105 e. The fourth-order valence-corrected chi connectivity index (χ4v) is 5.36. The zero-order valence-corrected chi connectivity index (χ0v) is 17.9. The standard InChI is InChI=1S/C24H28ClN3O/c1-16-6-11-21-23(26-16)22-19-5-3-4-13-27(19)14-12-20(22)28(21)15-24(2,29)17-7-9-18(25)10-8-17/h6-11,19,29H,3-5,12-15H2,1-2H3. The third kappa shape index (κ3) is 3.27. The lowest BCUT2D eigenvalue weighted by atomic mass is 9.90. The number of nitrogens with zero attached hydrogens (tertiary/aromatic N) is 3. The minimum absolute atomic E-state index is 0.464. The summed E-state index contributed by atoms with van der Waals surface area (Å²) in [6.45, 7) is 6.75. The molecule has 0 aliphatic carbocycles. The molecule has 0 radical (unpaired) electrons. The molecule has 3 aromatic rings. The van der Waals surface area contributed by atoms with E-state index in [1.165, 1.54) is 37.1 Å². The predicted molar refractivity (Wildman–Crippen MR) is 117 cm³/mol. The van der Waals surface area contributed by atoms with Gasteiger partial charge in [-0.3, -0.25) is 9.88 Å². The minimum atomic E-state index is -0.987. The van der Waals surface area contributed by atoms with Gasteiger partial charge in [0.15, 0.2) is 0 Å². The number of piperidine rings is 1. The summed E-state index contributed by atoms with van der Waals surface area (Å²) in [4.78, 5) is 7.60. The van der Waals surface area contributed by atoms with Crippen LogP contribution in [0.4, 0.5) is 0 Å². The maximum absolute atomic E-state index is 11.4. The second-order valence-electron chi connectivity index (χ2n) is 8.85. The van der Waals surface area contributed by atoms with Crippen LogP contribution in [0.25, 0.3) is 11.0 Å². The van der Waals surface area contributed by atoms with Crippen LogP contribution in [0, 0.1) is 6.92 Å². The molecule has 2 aromatic heterocycles. The zero-order chi connectivity index (χ0) is 20.2. The lowest BCUT2D eigenvalue weighted by Crippen LogP contribution is -2.39. The van der Waals surface area contributed by atoms with Crippen LogP contribution >= 0.6 is 11.6 Å². The highest BCUT2D eigenvalue weighted by atomic mass is 35.5. The van der Waals surface area contributed by atoms with Gasteiger partial charge in [0, 0.05) is 41.0 Å². The molecule has 1 fully saturated rings. The Kier molecular flexibility index (Phi) is 4.69. The summed E-state index contributed by atoms with van der Waals surface area (Å²) in [5, 5.41) is 12.1. The summed E-state index contributed by atoms with van der Waals surface area (Å²) >= 11 is 6.06. The number of fused-ring (bicyclic) bond motifs is 5. The van der Waals surface area contributed by atoms with Gasteiger partial charge < -0.3 is 9.67 Å². The van der Waals surface area contributed by atoms with Crippen LogP contribution in [0.15, 0.2) is 36.4 Å². The number of hydrogen-bond acceptors (Lipinski definition) is 3. The Morgan fingerprint density at radius 3 is 2.72 bits per heavy atom. The summed E-state index contributed by atoms with van der Waals surface area (Å²) in [6.07, 6.45) is 4.79. The van der Waals surface area contributed by atoms with E-state index >= 15 is 0 Å². The van der Waals surface area contributed by atoms with Crippen LogP contribution in [0.3, 0.4) is 0 Å². The molecule has 0 saturated carbocycles. The summed E-state index contributed by atoms with van der Waals surface area (Å²) in [5.41, 5.74) is 5.98. The van der Waals surface area contributed by atoms with Gasteiger partial charge in [-0.1, -0.05) is 30.2 Å². The lowest BCUT2D eigenvalue weighted by molar-refractivity contribution is 0.0379. The predicted octanol–water partition coefficient (Wildman–Crippen LogP) is 4.99. The van der Waals surface area contributed by atoms with Crippen LogP contribution in [-0.2, 0) is 18.6 Å². The van der Waals surface area contributed by atoms with Crippen molar-refractivity contribution in [1.82, 2.24) is 14.5 Å². The number of aromatic nitrogens is 2. The molecule has 152 valence electrons. The van der Waals surface area contributed by atoms with Crippen LogP contribution in [0.2, 0.25) is 5.02 Å². The van der Waals surface area contributed by atoms with Gasteiger partial charge in [0.1, 0.15) is 5.60 Å². The van der Waals surface area contributed by atoms with Crippen LogP contribution in [-0.4, -0.2) is 32.6 Å². The first-order valence-electron chi connectivity index (χ1n) is 10.6. The molecule has 4 nitrogen and oxygen atoms in total. The Morgan fingerprint density at radius 1 is 1.14 bits per heavy atom. The van der Waals surface area contributed by atoms with Gasteiger partial charge in [-0.2, -0.15) is 0 Å². The fraction of sp³-hybridized carbons (Fsp3) is 0.458. The highest BCUT2D eigenvalue weighted by molar-refractivity contribution is 6.30. The Hall–Kier alpha value is -1.88. The van der Waals surface area contributed by atoms with Crippen LogP contribution in [0.1, 0.15) is 54.7 Å². The van der Waals surface area contributed by atoms with E-state index in [2.05, 4.69) is 28.5 Å². The molecule has 1 aromatic carbocycles. The molecule has 5 heteroatoms. The second-order valence-corrected chi connectivity index (χ2v) is 9.28. The molecule has 0 bridgehead atoms. The van der Waals surface area contributed by atoms with Crippen molar-refractivity contribution < 1.29 is 5.11 Å². The van der Waals surface area contributed by atoms with Crippen molar-refractivity contribution in [2.75, 3.05) is 13.1 Å². The molecular formula is C24H28ClN3O. The maximum atomic E-state index is 11.4. The van der Waals surface area contributed by atoms with Gasteiger partial charge >= 0.3 is 0 Å². The topological polar surface area (TPSA) is 41.3 Å². The number of rotatable bonds is 3. The molecule has 2 aliphatic rings. The molecular weight excluding hydrogens is 382 g/mol. The van der Waals surface area contributed by atoms with Gasteiger partial charge in [-0.25, -0.2) is 0 Å². The largest absolute Gasteiger partial charge is 0.384 e. The quantitative estimate of drug-likeness (QED) is 0.662. The molecule has 29 heavy (non-hydrogen) atoms. The number of aryl methyl sites for hydroxylation is 1. The van der Waals surface area contributed by atoms with E-state index in [-0.39, 0.29) is 0 Å². The average molecular weight is 410 g/mol. The smallest absolute Gasteiger partial charge is 0.105 e. The van der Waals surface area contributed by atoms with Crippen molar-refractivity contribution in [2.24, 2.45) is 0 Å². The van der Waals surface area contributed by atoms with E-state index in [0.29, 0.717) is 17.6 Å². The van der Waals surface area contributed by atoms with E-state index in [0.717, 1.165) is 35.3 Å². The Labute approximate surface area is 177 Å². The third-order valence-corrected chi connectivity index (χ3v) is 6.96. The number of aliphatic hydroxyl groups is 1. The lowest BCUT2D eigenvalue weighted by Gasteiger charge is -2.40. The number of halogens is 1. The SMILES string of the molecule is Cc1ccc2c(n1)c1c(n2CC(C)(O)c2ccc(Cl)cc2)CCN2CCCCC12. The number of hydrogen-bond donors (Lipinski definition) is 1. The van der Waals surface area contributed by atoms with Crippen LogP contribution in [0.5, 0.6) is 0 Å². The van der Waals surface area contributed by atoms with Gasteiger partial charge in [-0.05, 0) is 63.1 Å². The molecule has 2 unspecified atom stereocenters. The minimum Gasteiger partial charge on any atom is -0.384 e. The molecule has 0 spiro atoms. The van der Waals surface area contributed by atoms with Crippen molar-refractivity contribution in [2.45, 2.75) is 57.7 Å². The summed E-state index contributed by atoms with van der Waals surface area (Å²) in [6, 6.07) is 12.3. The molecule has 1 saturated heterocycles. The molecule has 4 heterocycles. The fourth-order valence-electron chi connectivity index (χ4n) is 5.24. The van der Waals surface area contributed by atoms with Crippen molar-refractivity contribution in [3.05, 3.63) is 63.9 Å². The van der Waals surface area contributed by atoms with E-state index in [1.807, 2.05) is 31.2 Å². The molecule has 0 amide bonds. The van der Waals surface area contributed by atoms with E-state index < -0.39 is 5.60 Å². The second kappa shape index (κ2) is 7.12. The Balaban J connectivity index is 1.64. The van der Waals surface area contributed by atoms with Crippen molar-refractivity contribution >= 4 is 22.6 Å². The van der Waals surface area contributed by atoms with E-state index in [1.54, 1.807) is 0 Å². The summed E-state index contributed by atoms with van der Waals surface area (Å²) < 4.78 is 2.33. The van der Waals surface area contributed by atoms with Crippen molar-refractivity contribution in [3.63, 3.8) is 0 Å². The monoisotopic (exact) mass is 409 g/mol. The summed E-state index contributed by atoms with van der Waals surface area (Å²) in [7, 11) is 0. The molecule has 2 atom stereocenters. The number of pyridine rings is 1. The Morgan fingerprint density at radius 2 is 1.93 bits per heavy atom. The first-order valence-corrected chi connectivity index (χ1v) is 11.0. The zero-order valence-electron chi connectivity index (χ0n) is 17.2. The van der Waals surface area contributed by atoms with Crippen molar-refractivity contribution in [1.29, 1.82) is 0 Å². The summed E-state index contributed by atoms with van der Waals surface area (Å²) in [5.74, 6) is 0. The van der Waals surface area contributed by atoms with E-state index in [9.17, 15) is 5.11 Å². The highest BCUT2D eigenvalue weighted by Crippen LogP contribution is 2.42. The first-order chi connectivity index (χ1) is 13.9. The molecule has 2 aliphatic heterocycles. The third-order valence-electron chi connectivity index (χ3n) is 6.71. The highest BCUT2D eigenvalue weighted by Gasteiger charge is 2.36. The van der Waals surface area contributed by atoms with Gasteiger partial charge in [0.25, 0.3) is 0 Å². The van der Waals surface area contributed by atoms with Gasteiger partial charge in [0.2, 0.25) is 0 Å². The van der Waals surface area contributed by atoms with Crippen LogP contribution < -0.4 is 0 Å². The number of benzene rings is 1. The van der Waals surface area contributed by atoms with Crippen molar-refractivity contribution in [3.8, 4) is 0 Å². The normalized spacial score (nSPS) is 21.6. The van der Waals surface area contributed by atoms with Gasteiger partial charge in [-0.15, -0.1) is 0 Å². The molecule has 5 rings (SSSR count). The van der Waals surface area contributed by atoms with Gasteiger partial charge in [0.05, 0.1) is 17.6 Å². The molecule has 1 N–H and O–H groups in total. The Bertz CT molecular complexity index is 1050. The first kappa shape index (κ1) is 19.1. The average Bonchev–Trinajstić information content (AvgIpc) is 3.01.